The van der Waals surface area contributed by atoms with Crippen molar-refractivity contribution < 1.29 is 9.47 Å². The van der Waals surface area contributed by atoms with E-state index in [0.717, 1.165) is 31.0 Å². The fraction of sp³-hybridized carbons (Fsp3) is 0.571. The van der Waals surface area contributed by atoms with Crippen molar-refractivity contribution in [3.8, 4) is 11.5 Å². The molecule has 0 aliphatic carbocycles. The van der Waals surface area contributed by atoms with Gasteiger partial charge in [0.15, 0.2) is 11.5 Å². The van der Waals surface area contributed by atoms with E-state index in [1.54, 1.807) is 7.11 Å². The number of benzene rings is 1. The second kappa shape index (κ2) is 4.74. The van der Waals surface area contributed by atoms with Crippen LogP contribution in [-0.4, -0.2) is 26.3 Å². The third-order valence-corrected chi connectivity index (χ3v) is 4.77. The number of methoxy groups -OCH3 is 1. The maximum atomic E-state index is 5.86. The second-order valence-electron chi connectivity index (χ2n) is 5.11. The maximum absolute atomic E-state index is 5.86. The highest BCUT2D eigenvalue weighted by atomic mass is 79.9. The predicted molar refractivity (Wildman–Crippen MR) is 74.7 cm³/mol. The Bertz CT molecular complexity index is 469. The lowest BCUT2D eigenvalue weighted by atomic mass is 9.95. The molecule has 0 spiro atoms. The van der Waals surface area contributed by atoms with Gasteiger partial charge in [-0.1, -0.05) is 15.9 Å². The summed E-state index contributed by atoms with van der Waals surface area (Å²) in [7, 11) is 1.71. The summed E-state index contributed by atoms with van der Waals surface area (Å²) in [6.45, 7) is 4.25. The Labute approximate surface area is 116 Å². The molecule has 98 valence electrons. The van der Waals surface area contributed by atoms with E-state index in [1.807, 2.05) is 0 Å². The van der Waals surface area contributed by atoms with Crippen LogP contribution in [0.25, 0.3) is 0 Å². The molecule has 4 heteroatoms. The van der Waals surface area contributed by atoms with Gasteiger partial charge in [0.05, 0.1) is 7.11 Å². The second-order valence-corrected chi connectivity index (χ2v) is 5.91. The third kappa shape index (κ3) is 1.91. The molecule has 0 aromatic heterocycles. The molecule has 0 bridgehead atoms. The van der Waals surface area contributed by atoms with Gasteiger partial charge in [-0.15, -0.1) is 0 Å². The lowest BCUT2D eigenvalue weighted by Gasteiger charge is -2.16. The average Bonchev–Trinajstić information content (AvgIpc) is 2.98. The van der Waals surface area contributed by atoms with Crippen molar-refractivity contribution >= 4 is 15.9 Å². The normalized spacial score (nSPS) is 25.9. The van der Waals surface area contributed by atoms with E-state index < -0.39 is 0 Å². The van der Waals surface area contributed by atoms with Gasteiger partial charge < -0.3 is 14.8 Å². The molecule has 0 amide bonds. The van der Waals surface area contributed by atoms with Gasteiger partial charge in [0, 0.05) is 23.0 Å². The fourth-order valence-electron chi connectivity index (χ4n) is 2.90. The minimum absolute atomic E-state index is 0.238. The molecule has 2 aliphatic heterocycles. The number of rotatable bonds is 2. The Morgan fingerprint density at radius 3 is 3.00 bits per heavy atom. The highest BCUT2D eigenvalue weighted by molar-refractivity contribution is 9.10. The summed E-state index contributed by atoms with van der Waals surface area (Å²) in [5.74, 6) is 2.38. The molecule has 1 saturated heterocycles. The quantitative estimate of drug-likeness (QED) is 0.911. The molecule has 1 aromatic carbocycles. The first-order valence-electron chi connectivity index (χ1n) is 6.47. The van der Waals surface area contributed by atoms with E-state index in [4.69, 9.17) is 9.47 Å². The molecule has 3 rings (SSSR count). The van der Waals surface area contributed by atoms with Crippen molar-refractivity contribution in [2.75, 3.05) is 20.2 Å². The Balaban J connectivity index is 2.08. The summed E-state index contributed by atoms with van der Waals surface area (Å²) in [5.41, 5.74) is 2.62. The van der Waals surface area contributed by atoms with Crippen molar-refractivity contribution in [3.63, 3.8) is 0 Å². The lowest BCUT2D eigenvalue weighted by molar-refractivity contribution is 0.243. The van der Waals surface area contributed by atoms with Gasteiger partial charge in [0.1, 0.15) is 6.10 Å². The minimum Gasteiger partial charge on any atom is -0.493 e. The SMILES string of the molecule is COc1cc(C2CCNC2)c(Br)c2c1OC(C)C2. The summed E-state index contributed by atoms with van der Waals surface area (Å²) in [5, 5.41) is 3.42. The molecular formula is C14H18BrNO2. The summed E-state index contributed by atoms with van der Waals surface area (Å²) < 4.78 is 12.6. The molecular weight excluding hydrogens is 294 g/mol. The van der Waals surface area contributed by atoms with Crippen molar-refractivity contribution in [2.45, 2.75) is 31.8 Å². The molecule has 2 heterocycles. The summed E-state index contributed by atoms with van der Waals surface area (Å²) in [4.78, 5) is 0. The Morgan fingerprint density at radius 2 is 2.33 bits per heavy atom. The number of hydrogen-bond acceptors (Lipinski definition) is 3. The Hall–Kier alpha value is -0.740. The number of ether oxygens (including phenoxy) is 2. The van der Waals surface area contributed by atoms with E-state index in [1.165, 1.54) is 22.0 Å². The molecule has 2 atom stereocenters. The van der Waals surface area contributed by atoms with Crippen molar-refractivity contribution in [1.82, 2.24) is 5.32 Å². The molecule has 1 N–H and O–H groups in total. The van der Waals surface area contributed by atoms with E-state index >= 15 is 0 Å². The van der Waals surface area contributed by atoms with Crippen molar-refractivity contribution in [3.05, 3.63) is 21.7 Å². The molecule has 3 nitrogen and oxygen atoms in total. The molecule has 2 aliphatic rings. The van der Waals surface area contributed by atoms with Crippen LogP contribution in [-0.2, 0) is 6.42 Å². The highest BCUT2D eigenvalue weighted by Gasteiger charge is 2.30. The standard InChI is InChI=1S/C14H18BrNO2/c1-8-5-11-13(15)10(9-3-4-16-7-9)6-12(17-2)14(11)18-8/h6,8-9,16H,3-5,7H2,1-2H3. The fourth-order valence-corrected chi connectivity index (χ4v) is 3.68. The largest absolute Gasteiger partial charge is 0.493 e. The Morgan fingerprint density at radius 1 is 1.50 bits per heavy atom. The maximum Gasteiger partial charge on any atom is 0.166 e. The van der Waals surface area contributed by atoms with Crippen LogP contribution in [0.5, 0.6) is 11.5 Å². The molecule has 0 saturated carbocycles. The minimum atomic E-state index is 0.238. The lowest BCUT2D eigenvalue weighted by Crippen LogP contribution is -2.09. The zero-order chi connectivity index (χ0) is 12.7. The van der Waals surface area contributed by atoms with Crippen molar-refractivity contribution in [2.24, 2.45) is 0 Å². The first-order chi connectivity index (χ1) is 8.70. The number of nitrogens with one attached hydrogen (secondary N) is 1. The first kappa shape index (κ1) is 12.3. The van der Waals surface area contributed by atoms with Crippen LogP contribution in [0, 0.1) is 0 Å². The van der Waals surface area contributed by atoms with E-state index in [2.05, 4.69) is 34.2 Å². The number of halogens is 1. The van der Waals surface area contributed by atoms with E-state index in [9.17, 15) is 0 Å². The zero-order valence-electron chi connectivity index (χ0n) is 10.8. The van der Waals surface area contributed by atoms with Gasteiger partial charge in [-0.3, -0.25) is 0 Å². The highest BCUT2D eigenvalue weighted by Crippen LogP contribution is 2.46. The molecule has 1 fully saturated rings. The average molecular weight is 312 g/mol. The van der Waals surface area contributed by atoms with Gasteiger partial charge in [0.2, 0.25) is 0 Å². The molecule has 18 heavy (non-hydrogen) atoms. The molecule has 0 radical (unpaired) electrons. The Kier molecular flexibility index (Phi) is 3.24. The summed E-state index contributed by atoms with van der Waals surface area (Å²) in [6.07, 6.45) is 2.39. The summed E-state index contributed by atoms with van der Waals surface area (Å²) >= 11 is 3.77. The van der Waals surface area contributed by atoms with Crippen LogP contribution in [0.15, 0.2) is 10.5 Å². The first-order valence-corrected chi connectivity index (χ1v) is 7.26. The summed E-state index contributed by atoms with van der Waals surface area (Å²) in [6, 6.07) is 2.14. The molecule has 1 aromatic rings. The zero-order valence-corrected chi connectivity index (χ0v) is 12.3. The smallest absolute Gasteiger partial charge is 0.166 e. The monoisotopic (exact) mass is 311 g/mol. The predicted octanol–water partition coefficient (Wildman–Crippen LogP) is 2.86. The van der Waals surface area contributed by atoms with Crippen LogP contribution in [0.4, 0.5) is 0 Å². The van der Waals surface area contributed by atoms with Crippen LogP contribution in [0.2, 0.25) is 0 Å². The van der Waals surface area contributed by atoms with Gasteiger partial charge >= 0.3 is 0 Å². The van der Waals surface area contributed by atoms with Crippen LogP contribution in [0.3, 0.4) is 0 Å². The third-order valence-electron chi connectivity index (χ3n) is 3.83. The van der Waals surface area contributed by atoms with Crippen LogP contribution < -0.4 is 14.8 Å². The van der Waals surface area contributed by atoms with E-state index in [0.29, 0.717) is 5.92 Å². The van der Waals surface area contributed by atoms with Crippen LogP contribution in [0.1, 0.15) is 30.4 Å². The molecule has 2 unspecified atom stereocenters. The van der Waals surface area contributed by atoms with Gasteiger partial charge in [-0.2, -0.15) is 0 Å². The van der Waals surface area contributed by atoms with Crippen LogP contribution >= 0.6 is 15.9 Å². The van der Waals surface area contributed by atoms with Crippen molar-refractivity contribution in [1.29, 1.82) is 0 Å². The van der Waals surface area contributed by atoms with E-state index in [-0.39, 0.29) is 6.10 Å². The van der Waals surface area contributed by atoms with Gasteiger partial charge in [-0.05, 0) is 37.4 Å². The van der Waals surface area contributed by atoms with Gasteiger partial charge in [0.25, 0.3) is 0 Å². The topological polar surface area (TPSA) is 30.5 Å². The van der Waals surface area contributed by atoms with Gasteiger partial charge in [-0.25, -0.2) is 0 Å². The number of fused-ring (bicyclic) bond motifs is 1. The number of hydrogen-bond donors (Lipinski definition) is 1.